The lowest BCUT2D eigenvalue weighted by atomic mass is 10.1. The molecular weight excluding hydrogens is 537 g/mol. The van der Waals surface area contributed by atoms with Gasteiger partial charge in [-0.25, -0.2) is 19.9 Å². The second-order valence-electron chi connectivity index (χ2n) is 9.43. The molecule has 1 aliphatic rings. The second kappa shape index (κ2) is 9.74. The van der Waals surface area contributed by atoms with E-state index in [4.69, 9.17) is 10.7 Å². The monoisotopic (exact) mass is 558 g/mol. The number of nitrogens with two attached hydrogens (primary N) is 1. The lowest BCUT2D eigenvalue weighted by Crippen LogP contribution is -2.30. The van der Waals surface area contributed by atoms with Crippen molar-refractivity contribution in [1.29, 1.82) is 0 Å². The van der Waals surface area contributed by atoms with Crippen LogP contribution >= 0.6 is 0 Å². The number of alkyl halides is 3. The van der Waals surface area contributed by atoms with E-state index in [1.807, 2.05) is 4.40 Å². The van der Waals surface area contributed by atoms with Crippen LogP contribution in [0.15, 0.2) is 60.0 Å². The number of nitrogens with zero attached hydrogens (tertiary/aromatic N) is 7. The fourth-order valence-corrected chi connectivity index (χ4v) is 5.14. The zero-order chi connectivity index (χ0) is 28.9. The fourth-order valence-electron chi connectivity index (χ4n) is 5.14. The molecule has 0 saturated carbocycles. The molecule has 4 aromatic heterocycles. The van der Waals surface area contributed by atoms with Crippen molar-refractivity contribution in [3.8, 4) is 28.9 Å². The summed E-state index contributed by atoms with van der Waals surface area (Å²) >= 11 is 0. The summed E-state index contributed by atoms with van der Waals surface area (Å²) in [5.74, 6) is 5.60. The number of hydrogen-bond acceptors (Lipinski definition) is 7. The van der Waals surface area contributed by atoms with Crippen molar-refractivity contribution in [2.45, 2.75) is 32.0 Å². The van der Waals surface area contributed by atoms with E-state index in [1.54, 1.807) is 36.4 Å². The number of pyridine rings is 1. The minimum Gasteiger partial charge on any atom is -0.382 e. The average molecular weight is 559 g/mol. The largest absolute Gasteiger partial charge is 0.416 e. The SMILES string of the molecule is CC#CC(=O)N1CCCC1c1nc(-c2ccc3c(=O)n(-c4cc(C(F)(F)F)ccn4)cnc3c2)c2c(N)nccn12. The van der Waals surface area contributed by atoms with Gasteiger partial charge in [-0.05, 0) is 50.0 Å². The zero-order valence-corrected chi connectivity index (χ0v) is 21.6. The van der Waals surface area contributed by atoms with E-state index in [0.717, 1.165) is 35.6 Å². The Morgan fingerprint density at radius 2 is 1.95 bits per heavy atom. The number of likely N-dealkylation sites (tertiary alicyclic amines) is 1. The van der Waals surface area contributed by atoms with Crippen molar-refractivity contribution in [2.75, 3.05) is 12.3 Å². The maximum atomic E-state index is 13.2. The molecule has 1 amide bonds. The van der Waals surface area contributed by atoms with Gasteiger partial charge >= 0.3 is 6.18 Å². The Hall–Kier alpha value is -5.25. The van der Waals surface area contributed by atoms with Crippen molar-refractivity contribution < 1.29 is 18.0 Å². The van der Waals surface area contributed by atoms with Gasteiger partial charge in [-0.15, -0.1) is 0 Å². The van der Waals surface area contributed by atoms with Gasteiger partial charge in [0.2, 0.25) is 0 Å². The highest BCUT2D eigenvalue weighted by molar-refractivity contribution is 5.94. The van der Waals surface area contributed by atoms with E-state index in [-0.39, 0.29) is 29.0 Å². The van der Waals surface area contributed by atoms with Gasteiger partial charge < -0.3 is 10.6 Å². The number of fused-ring (bicyclic) bond motifs is 2. The minimum absolute atomic E-state index is 0.177. The lowest BCUT2D eigenvalue weighted by Gasteiger charge is -2.21. The Bertz CT molecular complexity index is 1970. The number of halogens is 3. The molecule has 13 heteroatoms. The number of aromatic nitrogens is 6. The third kappa shape index (κ3) is 4.43. The normalized spacial score (nSPS) is 15.3. The van der Waals surface area contributed by atoms with Crippen LogP contribution in [0, 0.1) is 11.8 Å². The van der Waals surface area contributed by atoms with E-state index in [2.05, 4.69) is 26.8 Å². The van der Waals surface area contributed by atoms with Gasteiger partial charge in [0.05, 0.1) is 22.5 Å². The molecule has 2 N–H and O–H groups in total. The van der Waals surface area contributed by atoms with Gasteiger partial charge in [0, 0.05) is 30.7 Å². The van der Waals surface area contributed by atoms with Crippen LogP contribution in [0.25, 0.3) is 33.5 Å². The number of nitrogen functional groups attached to an aromatic ring is 1. The molecule has 6 rings (SSSR count). The summed E-state index contributed by atoms with van der Waals surface area (Å²) in [5.41, 5.74) is 6.68. The first-order valence-corrected chi connectivity index (χ1v) is 12.6. The molecule has 5 heterocycles. The fraction of sp³-hybridized carbons (Fsp3) is 0.214. The predicted molar refractivity (Wildman–Crippen MR) is 144 cm³/mol. The highest BCUT2D eigenvalue weighted by atomic mass is 19.4. The van der Waals surface area contributed by atoms with Crippen LogP contribution < -0.4 is 11.3 Å². The summed E-state index contributed by atoms with van der Waals surface area (Å²) < 4.78 is 42.4. The van der Waals surface area contributed by atoms with Gasteiger partial charge in [0.1, 0.15) is 35.0 Å². The maximum absolute atomic E-state index is 13.2. The number of amides is 1. The number of benzene rings is 1. The molecule has 1 aromatic carbocycles. The Balaban J connectivity index is 1.46. The molecule has 206 valence electrons. The number of rotatable bonds is 3. The molecular formula is C28H21F3N8O2. The Morgan fingerprint density at radius 3 is 2.73 bits per heavy atom. The summed E-state index contributed by atoms with van der Waals surface area (Å²) in [5, 5.41) is 0.177. The molecule has 1 saturated heterocycles. The van der Waals surface area contributed by atoms with Crippen LogP contribution in [0.2, 0.25) is 0 Å². The standard InChI is InChI=1S/C28H21F3N8O2/c1-2-4-22(40)37-11-3-5-20(37)26-36-23(24-25(32)34-10-12-38(24)26)16-6-7-18-19(13-16)35-15-39(27(18)41)21-14-17(8-9-33-21)28(29,30)31/h6-10,12-15,20H,3,5,11H2,1H3,(H2,32,34). The highest BCUT2D eigenvalue weighted by Gasteiger charge is 2.34. The van der Waals surface area contributed by atoms with Crippen molar-refractivity contribution in [2.24, 2.45) is 0 Å². The van der Waals surface area contributed by atoms with Crippen molar-refractivity contribution in [3.63, 3.8) is 0 Å². The van der Waals surface area contributed by atoms with Crippen LogP contribution in [-0.2, 0) is 11.0 Å². The van der Waals surface area contributed by atoms with Crippen LogP contribution in [-0.4, -0.2) is 46.3 Å². The van der Waals surface area contributed by atoms with E-state index in [9.17, 15) is 22.8 Å². The van der Waals surface area contributed by atoms with Crippen LogP contribution in [0.4, 0.5) is 19.0 Å². The molecule has 0 aliphatic carbocycles. The molecule has 5 aromatic rings. The molecule has 1 atom stereocenters. The number of imidazole rings is 1. The molecule has 41 heavy (non-hydrogen) atoms. The molecule has 0 spiro atoms. The third-order valence-corrected chi connectivity index (χ3v) is 7.01. The Kier molecular flexibility index (Phi) is 6.18. The first-order chi connectivity index (χ1) is 19.7. The molecule has 1 aliphatic heterocycles. The van der Waals surface area contributed by atoms with Crippen LogP contribution in [0.3, 0.4) is 0 Å². The smallest absolute Gasteiger partial charge is 0.382 e. The van der Waals surface area contributed by atoms with Crippen LogP contribution in [0.5, 0.6) is 0 Å². The van der Waals surface area contributed by atoms with Crippen molar-refractivity contribution in [3.05, 3.63) is 77.0 Å². The molecule has 1 fully saturated rings. The van der Waals surface area contributed by atoms with Gasteiger partial charge in [-0.1, -0.05) is 12.0 Å². The van der Waals surface area contributed by atoms with Gasteiger partial charge in [-0.2, -0.15) is 13.2 Å². The molecule has 10 nitrogen and oxygen atoms in total. The Morgan fingerprint density at radius 1 is 1.12 bits per heavy atom. The first kappa shape index (κ1) is 26.0. The number of carbonyl (C=O) groups excluding carboxylic acids is 1. The van der Waals surface area contributed by atoms with E-state index < -0.39 is 17.3 Å². The molecule has 0 radical (unpaired) electrons. The minimum atomic E-state index is -4.59. The summed E-state index contributed by atoms with van der Waals surface area (Å²) in [7, 11) is 0. The molecule has 1 unspecified atom stereocenters. The highest BCUT2D eigenvalue weighted by Crippen LogP contribution is 2.37. The second-order valence-corrected chi connectivity index (χ2v) is 9.43. The van der Waals surface area contributed by atoms with Gasteiger partial charge in [0.15, 0.2) is 0 Å². The summed E-state index contributed by atoms with van der Waals surface area (Å²) in [4.78, 5) is 45.0. The summed E-state index contributed by atoms with van der Waals surface area (Å²) in [6.07, 6.45) is 2.31. The van der Waals surface area contributed by atoms with Gasteiger partial charge in [-0.3, -0.25) is 18.6 Å². The maximum Gasteiger partial charge on any atom is 0.416 e. The molecule has 0 bridgehead atoms. The van der Waals surface area contributed by atoms with Gasteiger partial charge in [0.25, 0.3) is 11.5 Å². The summed E-state index contributed by atoms with van der Waals surface area (Å²) in [6.45, 7) is 2.16. The van der Waals surface area contributed by atoms with Crippen molar-refractivity contribution >= 4 is 28.1 Å². The van der Waals surface area contributed by atoms with E-state index in [0.29, 0.717) is 41.1 Å². The quantitative estimate of drug-likeness (QED) is 0.334. The number of hydrogen-bond donors (Lipinski definition) is 1. The summed E-state index contributed by atoms with van der Waals surface area (Å²) in [6, 6.07) is 6.15. The van der Waals surface area contributed by atoms with E-state index >= 15 is 0 Å². The number of carbonyl (C=O) groups is 1. The average Bonchev–Trinajstić information content (AvgIpc) is 3.59. The Labute approximate surface area is 230 Å². The zero-order valence-electron chi connectivity index (χ0n) is 21.6. The van der Waals surface area contributed by atoms with E-state index in [1.165, 1.54) is 6.07 Å². The topological polar surface area (TPSA) is 124 Å². The lowest BCUT2D eigenvalue weighted by molar-refractivity contribution is -0.137. The van der Waals surface area contributed by atoms with Crippen LogP contribution in [0.1, 0.15) is 37.2 Å². The predicted octanol–water partition coefficient (Wildman–Crippen LogP) is 3.78. The number of anilines is 1. The first-order valence-electron chi connectivity index (χ1n) is 12.6. The van der Waals surface area contributed by atoms with Crippen molar-refractivity contribution in [1.82, 2.24) is 33.8 Å². The third-order valence-electron chi connectivity index (χ3n) is 7.01.